The van der Waals surface area contributed by atoms with E-state index < -0.39 is 0 Å². The van der Waals surface area contributed by atoms with Crippen molar-refractivity contribution in [1.29, 1.82) is 0 Å². The van der Waals surface area contributed by atoms with E-state index >= 15 is 0 Å². The quantitative estimate of drug-likeness (QED) is 0.135. The minimum atomic E-state index is 0.876. The van der Waals surface area contributed by atoms with Crippen LogP contribution in [0.2, 0.25) is 0 Å². The molecule has 9 heteroatoms. The minimum absolute atomic E-state index is 0.876. The number of benzene rings is 21. The number of hydrogen-bond acceptors (Lipinski definition) is 6. The Bertz CT molecular complexity index is 10100. The lowest BCUT2D eigenvalue weighted by atomic mass is 9.91. The maximum Gasteiger partial charge on any atom is 0.161 e. The van der Waals surface area contributed by atoms with Gasteiger partial charge in [0.1, 0.15) is 66.8 Å². The van der Waals surface area contributed by atoms with Crippen LogP contribution >= 0.6 is 0 Å². The third kappa shape index (κ3) is 12.3. The van der Waals surface area contributed by atoms with Crippen LogP contribution in [0, 0.1) is 0 Å². The van der Waals surface area contributed by atoms with Gasteiger partial charge in [0.15, 0.2) is 16.7 Å². The number of para-hydroxylation sites is 8. The van der Waals surface area contributed by atoms with Crippen LogP contribution in [-0.2, 0) is 0 Å². The molecule has 0 spiro atoms. The monoisotopic (exact) mass is 1750 g/mol. The zero-order chi connectivity index (χ0) is 89.9. The summed E-state index contributed by atoms with van der Waals surface area (Å²) in [4.78, 5) is 0. The molecule has 9 heterocycles. The molecule has 0 atom stereocenters. The van der Waals surface area contributed by atoms with E-state index in [0.29, 0.717) is 0 Å². The normalized spacial score (nSPS) is 11.9. The highest BCUT2D eigenvalue weighted by atomic mass is 16.4. The van der Waals surface area contributed by atoms with Gasteiger partial charge < -0.3 is 40.2 Å². The van der Waals surface area contributed by atoms with Crippen LogP contribution < -0.4 is 0 Å². The Morgan fingerprint density at radius 2 is 0.482 bits per heavy atom. The van der Waals surface area contributed by atoms with Crippen molar-refractivity contribution in [2.24, 2.45) is 0 Å². The minimum Gasteiger partial charge on any atom is -0.456 e. The van der Waals surface area contributed by atoms with Crippen molar-refractivity contribution >= 4 is 186 Å². The molecule has 0 bridgehead atoms. The van der Waals surface area contributed by atoms with Crippen LogP contribution in [0.15, 0.2) is 494 Å². The summed E-state index contributed by atoms with van der Waals surface area (Å²) in [6.07, 6.45) is 0. The van der Waals surface area contributed by atoms with Gasteiger partial charge in [-0.25, -0.2) is 0 Å². The van der Waals surface area contributed by atoms with Gasteiger partial charge in [-0.1, -0.05) is 315 Å². The summed E-state index contributed by atoms with van der Waals surface area (Å²) in [5.74, 6) is 0. The Hall–Kier alpha value is -18.4. The van der Waals surface area contributed by atoms with E-state index in [2.05, 4.69) is 475 Å². The third-order valence-electron chi connectivity index (χ3n) is 27.8. The molecule has 9 nitrogen and oxygen atoms in total. The van der Waals surface area contributed by atoms with Crippen molar-refractivity contribution in [2.75, 3.05) is 0 Å². The second-order valence-electron chi connectivity index (χ2n) is 35.5. The number of rotatable bonds is 10. The van der Waals surface area contributed by atoms with E-state index in [9.17, 15) is 0 Å². The van der Waals surface area contributed by atoms with Crippen molar-refractivity contribution in [3.63, 3.8) is 0 Å². The van der Waals surface area contributed by atoms with E-state index in [1.165, 1.54) is 26.9 Å². The molecule has 0 unspecified atom stereocenters. The first-order valence-electron chi connectivity index (χ1n) is 46.5. The molecule has 0 saturated carbocycles. The standard InChI is InChI=1S/C44H27NO2.2C42H25NO2/c1-3-14-28(15-4-1)30-21-11-24-36-40-33(22-13-27-39(40)46-42(30)36)31-18-7-8-19-32(31)34-23-12-25-37-41-44(47-43(34)37)35-20-9-10-26-38(35)45(41)29-16-5-2-6-17-29;1-2-12-30(13-3-1)43-37-17-9-8-16-34(37)42-41(43)35-21-19-29(25-39(35)45-42)32-15-7-6-14-31(32)28-18-20-33-36-22-26-10-4-5-11-27(26)23-40(36)44-38(33)24-28;1-2-11-29(12-3-1)43-36-17-9-8-16-33(36)42-41(43)35-22-19-28(25-39(35)45-42)31-14-7-6-13-30(31)27-18-21-34-38(24-27)44-37-23-20-26-10-4-5-15-32(26)40(34)37/h1-27H;2*1-25H. The van der Waals surface area contributed by atoms with Crippen LogP contribution in [0.5, 0.6) is 0 Å². The summed E-state index contributed by atoms with van der Waals surface area (Å²) < 4.78 is 46.7. The lowest BCUT2D eigenvalue weighted by molar-refractivity contribution is 0.669. The Kier molecular flexibility index (Phi) is 17.6. The highest BCUT2D eigenvalue weighted by Gasteiger charge is 2.28. The highest BCUT2D eigenvalue weighted by molar-refractivity contribution is 6.24. The molecule has 137 heavy (non-hydrogen) atoms. The molecule has 0 saturated heterocycles. The maximum absolute atomic E-state index is 6.91. The van der Waals surface area contributed by atoms with Gasteiger partial charge >= 0.3 is 0 Å². The van der Waals surface area contributed by atoms with E-state index in [0.717, 1.165) is 254 Å². The zero-order valence-corrected chi connectivity index (χ0v) is 73.7. The fourth-order valence-corrected chi connectivity index (χ4v) is 21.7. The second-order valence-corrected chi connectivity index (χ2v) is 35.5. The van der Waals surface area contributed by atoms with Gasteiger partial charge in [0, 0.05) is 92.8 Å². The SMILES string of the molecule is c1ccc(-c2cccc3c2oc2cccc(-c4ccccc4-c4cccc5c4oc4c6ccccc6n(-c6ccccc6)c54)c23)cc1.c1ccc(-n2c3ccccc3c3oc4cc(-c5ccccc5-c5ccc6c(c5)oc5cc7ccccc7cc56)ccc4c32)cc1.c1ccc(-n2c3ccccc3c3oc4cc(-c5ccccc5-c5ccc6c(c5)oc5ccc7ccccc7c56)ccc4c32)cc1. The lowest BCUT2D eigenvalue weighted by Gasteiger charge is -2.12. The zero-order valence-electron chi connectivity index (χ0n) is 73.7. The molecule has 30 aromatic rings. The Balaban J connectivity index is 0.000000102. The molecule has 640 valence electrons. The molecule has 0 amide bonds. The average molecular weight is 1750 g/mol. The Morgan fingerprint density at radius 1 is 0.139 bits per heavy atom. The average Bonchev–Trinajstić information content (AvgIpc) is 1.57. The first kappa shape index (κ1) is 77.3. The van der Waals surface area contributed by atoms with Gasteiger partial charge in [-0.2, -0.15) is 0 Å². The van der Waals surface area contributed by atoms with Gasteiger partial charge in [0.2, 0.25) is 0 Å². The first-order chi connectivity index (χ1) is 68.0. The number of nitrogens with zero attached hydrogens (tertiary/aromatic N) is 3. The van der Waals surface area contributed by atoms with Crippen LogP contribution in [0.3, 0.4) is 0 Å². The van der Waals surface area contributed by atoms with E-state index in [1.807, 2.05) is 6.07 Å². The molecular formula is C128H77N3O6. The topological polar surface area (TPSA) is 93.6 Å². The van der Waals surface area contributed by atoms with Gasteiger partial charge in [0.25, 0.3) is 0 Å². The highest BCUT2D eigenvalue weighted by Crippen LogP contribution is 2.51. The molecule has 9 aromatic heterocycles. The van der Waals surface area contributed by atoms with Gasteiger partial charge in [-0.05, 0) is 240 Å². The van der Waals surface area contributed by atoms with Crippen molar-refractivity contribution in [2.45, 2.75) is 0 Å². The van der Waals surface area contributed by atoms with E-state index in [-0.39, 0.29) is 0 Å². The molecule has 0 radical (unpaired) electrons. The molecule has 0 aliphatic rings. The summed E-state index contributed by atoms with van der Waals surface area (Å²) in [5.41, 5.74) is 36.6. The van der Waals surface area contributed by atoms with Crippen molar-refractivity contribution < 1.29 is 26.5 Å². The van der Waals surface area contributed by atoms with Gasteiger partial charge in [-0.3, -0.25) is 0 Å². The van der Waals surface area contributed by atoms with Crippen molar-refractivity contribution in [3.8, 4) is 95.0 Å². The van der Waals surface area contributed by atoms with Gasteiger partial charge in [0.05, 0.1) is 16.6 Å². The molecule has 30 rings (SSSR count). The summed E-state index contributed by atoms with van der Waals surface area (Å²) in [7, 11) is 0. The Labute approximate surface area is 783 Å². The fraction of sp³-hybridized carbons (Fsp3) is 0. The van der Waals surface area contributed by atoms with E-state index in [1.54, 1.807) is 0 Å². The van der Waals surface area contributed by atoms with Crippen LogP contribution in [0.25, 0.3) is 281 Å². The molecule has 21 aromatic carbocycles. The number of hydrogen-bond donors (Lipinski definition) is 0. The summed E-state index contributed by atoms with van der Waals surface area (Å²) in [6.45, 7) is 0. The summed E-state index contributed by atoms with van der Waals surface area (Å²) >= 11 is 0. The molecule has 0 N–H and O–H groups in total. The lowest BCUT2D eigenvalue weighted by Crippen LogP contribution is -1.93. The summed E-state index contributed by atoms with van der Waals surface area (Å²) in [6, 6.07) is 165. The first-order valence-corrected chi connectivity index (χ1v) is 46.5. The van der Waals surface area contributed by atoms with E-state index in [4.69, 9.17) is 26.5 Å². The Morgan fingerprint density at radius 3 is 1.02 bits per heavy atom. The smallest absolute Gasteiger partial charge is 0.161 e. The van der Waals surface area contributed by atoms with Crippen LogP contribution in [0.4, 0.5) is 0 Å². The summed E-state index contributed by atoms with van der Waals surface area (Å²) in [5, 5.41) is 18.3. The largest absolute Gasteiger partial charge is 0.456 e. The predicted molar refractivity (Wildman–Crippen MR) is 567 cm³/mol. The molecular weight excluding hydrogens is 1680 g/mol. The van der Waals surface area contributed by atoms with Crippen LogP contribution in [0.1, 0.15) is 0 Å². The van der Waals surface area contributed by atoms with Crippen molar-refractivity contribution in [3.05, 3.63) is 467 Å². The molecule has 0 aliphatic heterocycles. The number of fused-ring (bicyclic) bond motifs is 27. The van der Waals surface area contributed by atoms with Crippen molar-refractivity contribution in [1.82, 2.24) is 13.7 Å². The maximum atomic E-state index is 6.91. The van der Waals surface area contributed by atoms with Gasteiger partial charge in [-0.15, -0.1) is 0 Å². The van der Waals surface area contributed by atoms with Crippen LogP contribution in [-0.4, -0.2) is 13.7 Å². The number of furan rings is 6. The predicted octanol–water partition coefficient (Wildman–Crippen LogP) is 36.3. The fourth-order valence-electron chi connectivity index (χ4n) is 21.7. The second kappa shape index (κ2) is 31.1. The third-order valence-corrected chi connectivity index (χ3v) is 27.8. The number of aromatic nitrogens is 3. The molecule has 0 fully saturated rings. The molecule has 0 aliphatic carbocycles.